The van der Waals surface area contributed by atoms with E-state index in [-0.39, 0.29) is 11.8 Å². The van der Waals surface area contributed by atoms with Crippen LogP contribution in [0.15, 0.2) is 42.5 Å². The van der Waals surface area contributed by atoms with Crippen LogP contribution >= 0.6 is 0 Å². The average Bonchev–Trinajstić information content (AvgIpc) is 2.61. The highest BCUT2D eigenvalue weighted by Crippen LogP contribution is 2.31. The molecule has 0 aliphatic carbocycles. The predicted octanol–water partition coefficient (Wildman–Crippen LogP) is 2.60. The zero-order valence-corrected chi connectivity index (χ0v) is 13.4. The van der Waals surface area contributed by atoms with Crippen molar-refractivity contribution in [1.29, 1.82) is 0 Å². The lowest BCUT2D eigenvalue weighted by Gasteiger charge is -2.29. The molecule has 0 saturated carbocycles. The molecule has 2 amide bonds. The normalized spacial score (nSPS) is 19.0. The van der Waals surface area contributed by atoms with Crippen molar-refractivity contribution in [3.05, 3.63) is 59.2 Å². The molecular weight excluding hydrogens is 304 g/mol. The Morgan fingerprint density at radius 2 is 2.00 bits per heavy atom. The van der Waals surface area contributed by atoms with Crippen LogP contribution in [-0.2, 0) is 17.8 Å². The Morgan fingerprint density at radius 3 is 2.83 bits per heavy atom. The molecule has 2 aliphatic heterocycles. The van der Waals surface area contributed by atoms with E-state index in [0.717, 1.165) is 6.42 Å². The molecule has 0 saturated heterocycles. The molecule has 5 heteroatoms. The van der Waals surface area contributed by atoms with Gasteiger partial charge in [0.1, 0.15) is 5.75 Å². The van der Waals surface area contributed by atoms with Crippen LogP contribution in [0, 0.1) is 0 Å². The highest BCUT2D eigenvalue weighted by Gasteiger charge is 2.26. The summed E-state index contributed by atoms with van der Waals surface area (Å²) in [6.45, 7) is 3.02. The Balaban J connectivity index is 1.58. The number of nitrogens with zero attached hydrogens (tertiary/aromatic N) is 1. The lowest BCUT2D eigenvalue weighted by atomic mass is 9.99. The van der Waals surface area contributed by atoms with Crippen molar-refractivity contribution in [2.75, 3.05) is 11.9 Å². The summed E-state index contributed by atoms with van der Waals surface area (Å²) in [5, 5.41) is 2.78. The molecule has 4 rings (SSSR count). The number of anilines is 1. The van der Waals surface area contributed by atoms with Crippen molar-refractivity contribution in [3.63, 3.8) is 0 Å². The molecule has 0 radical (unpaired) electrons. The van der Waals surface area contributed by atoms with E-state index in [1.165, 1.54) is 11.1 Å². The maximum atomic E-state index is 12.8. The maximum absolute atomic E-state index is 12.8. The van der Waals surface area contributed by atoms with Crippen molar-refractivity contribution in [2.45, 2.75) is 26.0 Å². The highest BCUT2D eigenvalue weighted by atomic mass is 16.5. The van der Waals surface area contributed by atoms with Gasteiger partial charge in [-0.2, -0.15) is 0 Å². The minimum atomic E-state index is -0.551. The summed E-state index contributed by atoms with van der Waals surface area (Å²) in [4.78, 5) is 26.3. The quantitative estimate of drug-likeness (QED) is 0.878. The molecule has 2 aliphatic rings. The summed E-state index contributed by atoms with van der Waals surface area (Å²) in [5.41, 5.74) is 3.70. The van der Waals surface area contributed by atoms with E-state index in [0.29, 0.717) is 30.1 Å². The molecule has 1 unspecified atom stereocenters. The number of ether oxygens (including phenoxy) is 1. The van der Waals surface area contributed by atoms with E-state index in [4.69, 9.17) is 4.74 Å². The van der Waals surface area contributed by atoms with Gasteiger partial charge in [-0.3, -0.25) is 9.59 Å². The zero-order chi connectivity index (χ0) is 16.7. The first kappa shape index (κ1) is 14.8. The lowest BCUT2D eigenvalue weighted by molar-refractivity contribution is -0.122. The van der Waals surface area contributed by atoms with Crippen LogP contribution in [0.1, 0.15) is 28.4 Å². The third-order valence-electron chi connectivity index (χ3n) is 4.58. The molecule has 0 aromatic heterocycles. The third kappa shape index (κ3) is 2.52. The number of hydrogen-bond donors (Lipinski definition) is 1. The van der Waals surface area contributed by atoms with Crippen LogP contribution in [0.25, 0.3) is 0 Å². The fourth-order valence-electron chi connectivity index (χ4n) is 3.19. The van der Waals surface area contributed by atoms with Gasteiger partial charge in [0.2, 0.25) is 0 Å². The smallest absolute Gasteiger partial charge is 0.265 e. The number of fused-ring (bicyclic) bond motifs is 2. The number of carbonyl (C=O) groups is 2. The first-order valence-electron chi connectivity index (χ1n) is 8.09. The standard InChI is InChI=1S/C19H18N2O3/c1-12-18(22)20-16-7-6-14(10-17(16)24-12)19(23)21-9-8-13-4-2-3-5-15(13)11-21/h2-7,10,12H,8-9,11H2,1H3,(H,20,22). The maximum Gasteiger partial charge on any atom is 0.265 e. The molecule has 0 spiro atoms. The van der Waals surface area contributed by atoms with Crippen LogP contribution in [0.3, 0.4) is 0 Å². The largest absolute Gasteiger partial charge is 0.479 e. The molecule has 2 aromatic rings. The van der Waals surface area contributed by atoms with Crippen LogP contribution in [0.4, 0.5) is 5.69 Å². The lowest BCUT2D eigenvalue weighted by Crippen LogP contribution is -2.36. The van der Waals surface area contributed by atoms with E-state index in [1.807, 2.05) is 17.0 Å². The SMILES string of the molecule is CC1Oc2cc(C(=O)N3CCc4ccccc4C3)ccc2NC1=O. The summed E-state index contributed by atoms with van der Waals surface area (Å²) < 4.78 is 5.60. The first-order chi connectivity index (χ1) is 11.6. The second kappa shape index (κ2) is 5.67. The molecule has 1 atom stereocenters. The van der Waals surface area contributed by atoms with Gasteiger partial charge in [0, 0.05) is 18.7 Å². The van der Waals surface area contributed by atoms with E-state index >= 15 is 0 Å². The molecule has 0 fully saturated rings. The van der Waals surface area contributed by atoms with Gasteiger partial charge in [0.05, 0.1) is 5.69 Å². The minimum absolute atomic E-state index is 0.0135. The summed E-state index contributed by atoms with van der Waals surface area (Å²) >= 11 is 0. The van der Waals surface area contributed by atoms with Crippen molar-refractivity contribution in [2.24, 2.45) is 0 Å². The predicted molar refractivity (Wildman–Crippen MR) is 90.0 cm³/mol. The van der Waals surface area contributed by atoms with Gasteiger partial charge in [0.25, 0.3) is 11.8 Å². The Kier molecular flexibility index (Phi) is 3.49. The number of amides is 2. The molecule has 2 heterocycles. The van der Waals surface area contributed by atoms with E-state index in [9.17, 15) is 9.59 Å². The molecule has 0 bridgehead atoms. The van der Waals surface area contributed by atoms with Crippen LogP contribution in [0.2, 0.25) is 0 Å². The van der Waals surface area contributed by atoms with E-state index in [1.54, 1.807) is 25.1 Å². The number of rotatable bonds is 1. The van der Waals surface area contributed by atoms with Crippen molar-refractivity contribution < 1.29 is 14.3 Å². The molecule has 122 valence electrons. The van der Waals surface area contributed by atoms with Gasteiger partial charge in [-0.25, -0.2) is 0 Å². The van der Waals surface area contributed by atoms with Crippen molar-refractivity contribution >= 4 is 17.5 Å². The van der Waals surface area contributed by atoms with Gasteiger partial charge in [-0.15, -0.1) is 0 Å². The molecular formula is C19H18N2O3. The second-order valence-corrected chi connectivity index (χ2v) is 6.21. The number of benzene rings is 2. The number of hydrogen-bond acceptors (Lipinski definition) is 3. The number of nitrogens with one attached hydrogen (secondary N) is 1. The van der Waals surface area contributed by atoms with Gasteiger partial charge >= 0.3 is 0 Å². The summed E-state index contributed by atoms with van der Waals surface area (Å²) in [5.74, 6) is 0.361. The van der Waals surface area contributed by atoms with E-state index in [2.05, 4.69) is 17.4 Å². The fraction of sp³-hybridized carbons (Fsp3) is 0.263. The van der Waals surface area contributed by atoms with Gasteiger partial charge in [0.15, 0.2) is 6.10 Å². The Hall–Kier alpha value is -2.82. The average molecular weight is 322 g/mol. The molecule has 5 nitrogen and oxygen atoms in total. The van der Waals surface area contributed by atoms with Crippen LogP contribution in [-0.4, -0.2) is 29.4 Å². The fourth-order valence-corrected chi connectivity index (χ4v) is 3.19. The highest BCUT2D eigenvalue weighted by molar-refractivity contribution is 6.00. The Morgan fingerprint density at radius 1 is 1.21 bits per heavy atom. The summed E-state index contributed by atoms with van der Waals surface area (Å²) in [6, 6.07) is 13.4. The first-order valence-corrected chi connectivity index (χ1v) is 8.09. The van der Waals surface area contributed by atoms with Crippen LogP contribution in [0.5, 0.6) is 5.75 Å². The van der Waals surface area contributed by atoms with Crippen LogP contribution < -0.4 is 10.1 Å². The second-order valence-electron chi connectivity index (χ2n) is 6.21. The zero-order valence-electron chi connectivity index (χ0n) is 13.4. The molecule has 2 aromatic carbocycles. The van der Waals surface area contributed by atoms with Crippen molar-refractivity contribution in [1.82, 2.24) is 4.90 Å². The third-order valence-corrected chi connectivity index (χ3v) is 4.58. The Labute approximate surface area is 140 Å². The Bertz CT molecular complexity index is 831. The molecule has 1 N–H and O–H groups in total. The molecule has 24 heavy (non-hydrogen) atoms. The topological polar surface area (TPSA) is 58.6 Å². The summed E-state index contributed by atoms with van der Waals surface area (Å²) in [7, 11) is 0. The number of carbonyl (C=O) groups excluding carboxylic acids is 2. The monoisotopic (exact) mass is 322 g/mol. The minimum Gasteiger partial charge on any atom is -0.479 e. The van der Waals surface area contributed by atoms with Crippen molar-refractivity contribution in [3.8, 4) is 5.75 Å². The van der Waals surface area contributed by atoms with Gasteiger partial charge in [-0.05, 0) is 42.7 Å². The van der Waals surface area contributed by atoms with Gasteiger partial charge < -0.3 is 15.0 Å². The summed E-state index contributed by atoms with van der Waals surface area (Å²) in [6.07, 6.45) is 0.320. The van der Waals surface area contributed by atoms with E-state index < -0.39 is 6.10 Å². The van der Waals surface area contributed by atoms with Gasteiger partial charge in [-0.1, -0.05) is 24.3 Å².